The van der Waals surface area contributed by atoms with E-state index in [-0.39, 0.29) is 0 Å². The van der Waals surface area contributed by atoms with Crippen LogP contribution in [-0.2, 0) is 0 Å². The van der Waals surface area contributed by atoms with E-state index in [1.165, 1.54) is 29.5 Å². The average molecular weight is 239 g/mol. The van der Waals surface area contributed by atoms with Gasteiger partial charge in [-0.15, -0.1) is 0 Å². The van der Waals surface area contributed by atoms with Crippen molar-refractivity contribution in [3.63, 3.8) is 0 Å². The van der Waals surface area contributed by atoms with E-state index in [9.17, 15) is 0 Å². The lowest BCUT2D eigenvalue weighted by Crippen LogP contribution is -2.00. The normalized spacial score (nSPS) is 10.9. The lowest BCUT2D eigenvalue weighted by molar-refractivity contribution is 0.643. The molecule has 2 aromatic rings. The third-order valence-electron chi connectivity index (χ3n) is 3.65. The number of hydrogen-bond acceptors (Lipinski definition) is 1. The molecule has 0 saturated heterocycles. The van der Waals surface area contributed by atoms with Gasteiger partial charge in [0.1, 0.15) is 0 Å². The average Bonchev–Trinajstić information content (AvgIpc) is 2.41. The van der Waals surface area contributed by atoms with E-state index in [4.69, 9.17) is 0 Å². The van der Waals surface area contributed by atoms with Gasteiger partial charge in [-0.3, -0.25) is 4.98 Å². The molecule has 0 aliphatic rings. The summed E-state index contributed by atoms with van der Waals surface area (Å²) in [6, 6.07) is 12.8. The van der Waals surface area contributed by atoms with Crippen molar-refractivity contribution >= 4 is 0 Å². The summed E-state index contributed by atoms with van der Waals surface area (Å²) >= 11 is 0. The van der Waals surface area contributed by atoms with Crippen molar-refractivity contribution in [2.75, 3.05) is 0 Å². The topological polar surface area (TPSA) is 12.9 Å². The van der Waals surface area contributed by atoms with Gasteiger partial charge in [-0.1, -0.05) is 44.2 Å². The highest BCUT2D eigenvalue weighted by Crippen LogP contribution is 2.33. The molecule has 0 spiro atoms. The molecule has 18 heavy (non-hydrogen) atoms. The second-order valence-corrected chi connectivity index (χ2v) is 4.77. The maximum atomic E-state index is 4.56. The number of aryl methyl sites for hydroxylation is 1. The van der Waals surface area contributed by atoms with Gasteiger partial charge >= 0.3 is 0 Å². The van der Waals surface area contributed by atoms with E-state index in [1.54, 1.807) is 0 Å². The third-order valence-corrected chi connectivity index (χ3v) is 3.65. The maximum Gasteiger partial charge on any atom is 0.0733 e. The molecule has 94 valence electrons. The van der Waals surface area contributed by atoms with E-state index in [2.05, 4.69) is 56.1 Å². The van der Waals surface area contributed by atoms with Crippen molar-refractivity contribution in [2.24, 2.45) is 0 Å². The standard InChI is InChI=1S/C17H21N/c1-4-14(5-2)15-10-6-7-11-16(15)17-13(3)9-8-12-18-17/h6-12,14H,4-5H2,1-3H3. The first kappa shape index (κ1) is 12.8. The van der Waals surface area contributed by atoms with E-state index in [0.717, 1.165) is 5.69 Å². The van der Waals surface area contributed by atoms with Crippen molar-refractivity contribution in [2.45, 2.75) is 39.5 Å². The Morgan fingerprint density at radius 1 is 1.00 bits per heavy atom. The minimum Gasteiger partial charge on any atom is -0.256 e. The van der Waals surface area contributed by atoms with Gasteiger partial charge in [0.15, 0.2) is 0 Å². The molecule has 0 amide bonds. The minimum absolute atomic E-state index is 0.627. The van der Waals surface area contributed by atoms with Crippen LogP contribution < -0.4 is 0 Å². The fourth-order valence-corrected chi connectivity index (χ4v) is 2.56. The lowest BCUT2D eigenvalue weighted by Gasteiger charge is -2.18. The van der Waals surface area contributed by atoms with Crippen LogP contribution in [0.25, 0.3) is 11.3 Å². The maximum absolute atomic E-state index is 4.56. The molecule has 1 nitrogen and oxygen atoms in total. The first-order valence-electron chi connectivity index (χ1n) is 6.78. The fraction of sp³-hybridized carbons (Fsp3) is 0.353. The SMILES string of the molecule is CCC(CC)c1ccccc1-c1ncccc1C. The van der Waals surface area contributed by atoms with Gasteiger partial charge in [-0.2, -0.15) is 0 Å². The Bertz CT molecular complexity index is 513. The van der Waals surface area contributed by atoms with Crippen molar-refractivity contribution < 1.29 is 0 Å². The van der Waals surface area contributed by atoms with Gasteiger partial charge in [0, 0.05) is 11.8 Å². The first-order valence-corrected chi connectivity index (χ1v) is 6.78. The van der Waals surface area contributed by atoms with Gasteiger partial charge < -0.3 is 0 Å². The van der Waals surface area contributed by atoms with Crippen LogP contribution in [0.3, 0.4) is 0 Å². The van der Waals surface area contributed by atoms with Crippen LogP contribution in [0.1, 0.15) is 43.7 Å². The van der Waals surface area contributed by atoms with Crippen molar-refractivity contribution in [3.05, 3.63) is 53.7 Å². The molecule has 0 bridgehead atoms. The molecule has 0 atom stereocenters. The summed E-state index contributed by atoms with van der Waals surface area (Å²) in [7, 11) is 0. The van der Waals surface area contributed by atoms with Crippen molar-refractivity contribution in [1.82, 2.24) is 4.98 Å². The number of aromatic nitrogens is 1. The zero-order chi connectivity index (χ0) is 13.0. The zero-order valence-corrected chi connectivity index (χ0v) is 11.5. The monoisotopic (exact) mass is 239 g/mol. The molecule has 0 radical (unpaired) electrons. The van der Waals surface area contributed by atoms with Gasteiger partial charge in [0.25, 0.3) is 0 Å². The van der Waals surface area contributed by atoms with E-state index in [1.807, 2.05) is 12.3 Å². The van der Waals surface area contributed by atoms with Gasteiger partial charge in [0.2, 0.25) is 0 Å². The molecular weight excluding hydrogens is 218 g/mol. The molecule has 0 N–H and O–H groups in total. The van der Waals surface area contributed by atoms with Crippen LogP contribution in [0.4, 0.5) is 0 Å². The molecule has 1 heterocycles. The number of hydrogen-bond donors (Lipinski definition) is 0. The van der Waals surface area contributed by atoms with E-state index in [0.29, 0.717) is 5.92 Å². The van der Waals surface area contributed by atoms with Crippen LogP contribution in [0.5, 0.6) is 0 Å². The molecule has 0 aliphatic heterocycles. The second kappa shape index (κ2) is 5.81. The van der Waals surface area contributed by atoms with Crippen LogP contribution in [0.2, 0.25) is 0 Å². The number of benzene rings is 1. The quantitative estimate of drug-likeness (QED) is 0.734. The van der Waals surface area contributed by atoms with Crippen LogP contribution >= 0.6 is 0 Å². The fourth-order valence-electron chi connectivity index (χ4n) is 2.56. The molecule has 0 fully saturated rings. The summed E-state index contributed by atoms with van der Waals surface area (Å²) < 4.78 is 0. The second-order valence-electron chi connectivity index (χ2n) is 4.77. The van der Waals surface area contributed by atoms with Crippen molar-refractivity contribution in [1.29, 1.82) is 0 Å². The summed E-state index contributed by atoms with van der Waals surface area (Å²) in [6.07, 6.45) is 4.24. The molecule has 1 aromatic carbocycles. The Kier molecular flexibility index (Phi) is 4.14. The number of rotatable bonds is 4. The summed E-state index contributed by atoms with van der Waals surface area (Å²) in [5.74, 6) is 0.627. The molecule has 0 unspecified atom stereocenters. The van der Waals surface area contributed by atoms with Crippen LogP contribution in [0.15, 0.2) is 42.6 Å². The van der Waals surface area contributed by atoms with Gasteiger partial charge in [-0.05, 0) is 42.9 Å². The molecule has 2 rings (SSSR count). The molecule has 1 aromatic heterocycles. The van der Waals surface area contributed by atoms with Crippen LogP contribution in [-0.4, -0.2) is 4.98 Å². The highest BCUT2D eigenvalue weighted by Gasteiger charge is 2.14. The van der Waals surface area contributed by atoms with E-state index < -0.39 is 0 Å². The Balaban J connectivity index is 2.55. The molecular formula is C17H21N. The number of nitrogens with zero attached hydrogens (tertiary/aromatic N) is 1. The smallest absolute Gasteiger partial charge is 0.0733 e. The lowest BCUT2D eigenvalue weighted by atomic mass is 9.88. The Hall–Kier alpha value is -1.63. The number of pyridine rings is 1. The summed E-state index contributed by atoms with van der Waals surface area (Å²) in [5, 5.41) is 0. The summed E-state index contributed by atoms with van der Waals surface area (Å²) in [6.45, 7) is 6.65. The Morgan fingerprint density at radius 3 is 2.39 bits per heavy atom. The van der Waals surface area contributed by atoms with E-state index >= 15 is 0 Å². The summed E-state index contributed by atoms with van der Waals surface area (Å²) in [4.78, 5) is 4.56. The Labute approximate surface area is 110 Å². The summed E-state index contributed by atoms with van der Waals surface area (Å²) in [5.41, 5.74) is 5.10. The third kappa shape index (κ3) is 2.45. The zero-order valence-electron chi connectivity index (χ0n) is 11.5. The van der Waals surface area contributed by atoms with Crippen molar-refractivity contribution in [3.8, 4) is 11.3 Å². The molecule has 1 heteroatoms. The first-order chi connectivity index (χ1) is 8.77. The highest BCUT2D eigenvalue weighted by molar-refractivity contribution is 5.67. The molecule has 0 aliphatic carbocycles. The Morgan fingerprint density at radius 2 is 1.72 bits per heavy atom. The van der Waals surface area contributed by atoms with Gasteiger partial charge in [-0.25, -0.2) is 0 Å². The predicted molar refractivity (Wildman–Crippen MR) is 77.7 cm³/mol. The predicted octanol–water partition coefficient (Wildman–Crippen LogP) is 4.96. The molecule has 0 saturated carbocycles. The largest absolute Gasteiger partial charge is 0.256 e. The highest BCUT2D eigenvalue weighted by atomic mass is 14.7. The van der Waals surface area contributed by atoms with Crippen LogP contribution in [0, 0.1) is 6.92 Å². The minimum atomic E-state index is 0.627. The van der Waals surface area contributed by atoms with Gasteiger partial charge in [0.05, 0.1) is 5.69 Å².